The van der Waals surface area contributed by atoms with Gasteiger partial charge in [-0.3, -0.25) is 9.69 Å². The lowest BCUT2D eigenvalue weighted by Crippen LogP contribution is -2.61. The van der Waals surface area contributed by atoms with Crippen molar-refractivity contribution in [1.82, 2.24) is 15.2 Å². The molecule has 4 rings (SSSR count). The number of pyridine rings is 1. The van der Waals surface area contributed by atoms with Crippen molar-refractivity contribution in [2.24, 2.45) is 5.92 Å². The van der Waals surface area contributed by atoms with E-state index < -0.39 is 29.2 Å². The molecule has 1 aromatic heterocycles. The van der Waals surface area contributed by atoms with Crippen LogP contribution in [0.15, 0.2) is 36.5 Å². The highest BCUT2D eigenvalue weighted by Crippen LogP contribution is 2.41. The molecule has 2 aromatic rings. The van der Waals surface area contributed by atoms with E-state index in [0.29, 0.717) is 43.9 Å². The molecule has 0 aliphatic carbocycles. The van der Waals surface area contributed by atoms with Crippen LogP contribution in [0, 0.1) is 17.6 Å². The number of hydrogen-bond donors (Lipinski definition) is 2. The number of nitrogens with one attached hydrogen (secondary N) is 1. The third kappa shape index (κ3) is 4.27. The fourth-order valence-corrected chi connectivity index (χ4v) is 5.24. The van der Waals surface area contributed by atoms with E-state index in [9.17, 15) is 23.5 Å². The van der Waals surface area contributed by atoms with Crippen LogP contribution < -0.4 is 10.2 Å². The average Bonchev–Trinajstić information content (AvgIpc) is 3.26. The van der Waals surface area contributed by atoms with Crippen molar-refractivity contribution in [1.29, 1.82) is 0 Å². The number of anilines is 1. The minimum Gasteiger partial charge on any atom is -0.465 e. The normalized spacial score (nSPS) is 23.5. The first kappa shape index (κ1) is 23.4. The minimum absolute atomic E-state index is 0.0705. The number of benzene rings is 1. The number of piperidine rings is 1. The van der Waals surface area contributed by atoms with Gasteiger partial charge in [-0.2, -0.15) is 0 Å². The number of rotatable bonds is 5. The molecule has 0 unspecified atom stereocenters. The van der Waals surface area contributed by atoms with E-state index in [4.69, 9.17) is 11.6 Å². The Balaban J connectivity index is 1.60. The number of nitrogens with zero attached hydrogens (tertiary/aromatic N) is 3. The maximum absolute atomic E-state index is 14.0. The summed E-state index contributed by atoms with van der Waals surface area (Å²) in [6.45, 7) is 1.61. The number of carboxylic acid groups (broad SMARTS) is 1. The lowest BCUT2D eigenvalue weighted by Gasteiger charge is -2.43. The summed E-state index contributed by atoms with van der Waals surface area (Å²) >= 11 is 5.99. The number of carbonyl (C=O) groups excluding carboxylic acids is 1. The van der Waals surface area contributed by atoms with Gasteiger partial charge in [0, 0.05) is 45.1 Å². The predicted molar refractivity (Wildman–Crippen MR) is 120 cm³/mol. The fourth-order valence-electron chi connectivity index (χ4n) is 5.05. The first-order valence-corrected chi connectivity index (χ1v) is 11.1. The second-order valence-corrected chi connectivity index (χ2v) is 8.99. The minimum atomic E-state index is -1.34. The van der Waals surface area contributed by atoms with Crippen molar-refractivity contribution in [3.05, 3.63) is 58.7 Å². The summed E-state index contributed by atoms with van der Waals surface area (Å²) in [5.41, 5.74) is -0.727. The van der Waals surface area contributed by atoms with Crippen molar-refractivity contribution >= 4 is 29.3 Å². The predicted octanol–water partition coefficient (Wildman–Crippen LogP) is 3.53. The zero-order valence-electron chi connectivity index (χ0n) is 18.1. The molecule has 2 aliphatic rings. The van der Waals surface area contributed by atoms with E-state index in [1.165, 1.54) is 25.2 Å². The number of ketones is 1. The first-order chi connectivity index (χ1) is 15.7. The first-order valence-electron chi connectivity index (χ1n) is 10.8. The van der Waals surface area contributed by atoms with Crippen LogP contribution in [0.25, 0.3) is 0 Å². The quantitative estimate of drug-likeness (QED) is 0.683. The molecule has 7 nitrogen and oxygen atoms in total. The summed E-state index contributed by atoms with van der Waals surface area (Å²) in [6.07, 6.45) is 0.984. The lowest BCUT2D eigenvalue weighted by molar-refractivity contribution is -0.134. The fraction of sp³-hybridized carbons (Fsp3) is 0.435. The molecule has 0 saturated carbocycles. The molecule has 1 amide bonds. The van der Waals surface area contributed by atoms with Crippen molar-refractivity contribution in [3.8, 4) is 0 Å². The molecule has 2 aliphatic heterocycles. The van der Waals surface area contributed by atoms with Crippen molar-refractivity contribution in [2.75, 3.05) is 38.1 Å². The van der Waals surface area contributed by atoms with E-state index >= 15 is 0 Å². The molecule has 0 radical (unpaired) electrons. The second kappa shape index (κ2) is 9.23. The van der Waals surface area contributed by atoms with Crippen LogP contribution in [0.2, 0.25) is 5.02 Å². The van der Waals surface area contributed by atoms with Crippen LogP contribution in [-0.2, 0) is 4.79 Å². The molecule has 2 atom stereocenters. The van der Waals surface area contributed by atoms with E-state index in [2.05, 4.69) is 10.3 Å². The third-order valence-electron chi connectivity index (χ3n) is 6.88. The summed E-state index contributed by atoms with van der Waals surface area (Å²) in [6, 6.07) is 7.21. The molecule has 2 fully saturated rings. The van der Waals surface area contributed by atoms with E-state index in [-0.39, 0.29) is 23.3 Å². The number of aromatic nitrogens is 1. The van der Waals surface area contributed by atoms with Crippen LogP contribution in [0.5, 0.6) is 0 Å². The Labute approximate surface area is 195 Å². The third-order valence-corrected chi connectivity index (χ3v) is 7.17. The van der Waals surface area contributed by atoms with Gasteiger partial charge in [0.15, 0.2) is 5.78 Å². The van der Waals surface area contributed by atoms with Crippen LogP contribution >= 0.6 is 11.6 Å². The van der Waals surface area contributed by atoms with Crippen LogP contribution in [0.4, 0.5) is 19.4 Å². The van der Waals surface area contributed by atoms with Gasteiger partial charge in [-0.1, -0.05) is 17.7 Å². The smallest absolute Gasteiger partial charge is 0.407 e. The Morgan fingerprint density at radius 2 is 1.97 bits per heavy atom. The van der Waals surface area contributed by atoms with Gasteiger partial charge in [0.2, 0.25) is 0 Å². The molecule has 2 N–H and O–H groups in total. The number of hydrogen-bond acceptors (Lipinski definition) is 5. The highest BCUT2D eigenvalue weighted by atomic mass is 35.5. The van der Waals surface area contributed by atoms with Crippen molar-refractivity contribution in [3.63, 3.8) is 0 Å². The highest BCUT2D eigenvalue weighted by Gasteiger charge is 2.56. The maximum Gasteiger partial charge on any atom is 0.407 e. The number of carbonyl (C=O) groups is 2. The number of halogens is 3. The molecule has 33 heavy (non-hydrogen) atoms. The largest absolute Gasteiger partial charge is 0.465 e. The molecular formula is C23H25ClF2N4O3. The molecule has 3 heterocycles. The van der Waals surface area contributed by atoms with Crippen LogP contribution in [0.3, 0.4) is 0 Å². The zero-order chi connectivity index (χ0) is 23.8. The van der Waals surface area contributed by atoms with Crippen molar-refractivity contribution < 1.29 is 23.5 Å². The Morgan fingerprint density at radius 1 is 1.24 bits per heavy atom. The zero-order valence-corrected chi connectivity index (χ0v) is 18.9. The van der Waals surface area contributed by atoms with E-state index in [1.807, 2.05) is 4.90 Å². The van der Waals surface area contributed by atoms with Crippen LogP contribution in [-0.4, -0.2) is 65.6 Å². The van der Waals surface area contributed by atoms with Crippen LogP contribution in [0.1, 0.15) is 24.3 Å². The standard InChI is InChI=1S/C23H25ClF2N4O3/c1-29(22(32)33)23(13-27-12-17(23)15-2-4-19(26)18(24)10-15)21(31)14-6-8-30(9-7-14)20-5-3-16(25)11-28-20/h2-5,10-11,14,17,27H,6-9,12-13H2,1H3,(H,32,33)/t17-,23+/m0/s1. The van der Waals surface area contributed by atoms with E-state index in [0.717, 1.165) is 11.1 Å². The summed E-state index contributed by atoms with van der Waals surface area (Å²) in [4.78, 5) is 33.2. The monoisotopic (exact) mass is 478 g/mol. The molecular weight excluding hydrogens is 454 g/mol. The van der Waals surface area contributed by atoms with Crippen molar-refractivity contribution in [2.45, 2.75) is 24.3 Å². The van der Waals surface area contributed by atoms with E-state index in [1.54, 1.807) is 12.1 Å². The number of Topliss-reactive ketones (excluding diaryl/α,β-unsaturated/α-hetero) is 1. The topological polar surface area (TPSA) is 85.8 Å². The Bertz CT molecular complexity index is 1050. The van der Waals surface area contributed by atoms with Gasteiger partial charge in [0.25, 0.3) is 0 Å². The molecule has 10 heteroatoms. The summed E-state index contributed by atoms with van der Waals surface area (Å²) in [5, 5.41) is 12.9. The molecule has 1 aromatic carbocycles. The SMILES string of the molecule is CN(C(=O)O)[C@]1(C(=O)C2CCN(c3ccc(F)cn3)CC2)CNC[C@H]1c1ccc(F)c(Cl)c1. The highest BCUT2D eigenvalue weighted by molar-refractivity contribution is 6.30. The Kier molecular flexibility index (Phi) is 6.54. The molecule has 2 saturated heterocycles. The van der Waals surface area contributed by atoms with Gasteiger partial charge in [-0.15, -0.1) is 0 Å². The Morgan fingerprint density at radius 3 is 2.58 bits per heavy atom. The van der Waals surface area contributed by atoms with Gasteiger partial charge in [0.1, 0.15) is 23.0 Å². The lowest BCUT2D eigenvalue weighted by atomic mass is 9.72. The number of amides is 1. The maximum atomic E-state index is 14.0. The van der Waals surface area contributed by atoms with Gasteiger partial charge in [0.05, 0.1) is 11.2 Å². The molecule has 0 bridgehead atoms. The number of likely N-dealkylation sites (N-methyl/N-ethyl adjacent to an activating group) is 1. The molecule has 176 valence electrons. The average molecular weight is 479 g/mol. The summed E-state index contributed by atoms with van der Waals surface area (Å²) in [5.74, 6) is -1.38. The summed E-state index contributed by atoms with van der Waals surface area (Å²) < 4.78 is 27.0. The second-order valence-electron chi connectivity index (χ2n) is 8.58. The molecule has 0 spiro atoms. The van der Waals surface area contributed by atoms with Gasteiger partial charge >= 0.3 is 6.09 Å². The van der Waals surface area contributed by atoms with Gasteiger partial charge in [-0.05, 0) is 42.7 Å². The van der Waals surface area contributed by atoms with Gasteiger partial charge in [-0.25, -0.2) is 18.6 Å². The summed E-state index contributed by atoms with van der Waals surface area (Å²) in [7, 11) is 1.41. The Hall–Kier alpha value is -2.78. The van der Waals surface area contributed by atoms with Gasteiger partial charge < -0.3 is 15.3 Å².